The summed E-state index contributed by atoms with van der Waals surface area (Å²) in [6.07, 6.45) is 3.65. The van der Waals surface area contributed by atoms with Gasteiger partial charge in [-0.3, -0.25) is 0 Å². The Labute approximate surface area is 109 Å². The maximum absolute atomic E-state index is 10.7. The minimum Gasteiger partial charge on any atom is -0.462 e. The maximum Gasteiger partial charge on any atom is 0.330 e. The van der Waals surface area contributed by atoms with Gasteiger partial charge in [0.05, 0.1) is 6.61 Å². The summed E-state index contributed by atoms with van der Waals surface area (Å²) in [6, 6.07) is 0. The van der Waals surface area contributed by atoms with Crippen LogP contribution < -0.4 is 0 Å². The normalized spacial score (nSPS) is 10.3. The molecule has 0 aliphatic carbocycles. The van der Waals surface area contributed by atoms with E-state index < -0.39 is 0 Å². The number of rotatable bonds is 13. The van der Waals surface area contributed by atoms with Crippen molar-refractivity contribution < 1.29 is 23.7 Å². The Morgan fingerprint density at radius 3 is 1.94 bits per heavy atom. The van der Waals surface area contributed by atoms with Crippen LogP contribution in [0.1, 0.15) is 19.3 Å². The minimum atomic E-state index is -0.389. The molecule has 0 fully saturated rings. The number of hydrogen-bond donors (Lipinski definition) is 0. The standard InChI is InChI=1S/C13H24O5/c1-3-13(14)18-12-6-11-17-10-5-9-16-8-4-7-15-2/h3H,1,4-12H2,2H3. The largest absolute Gasteiger partial charge is 0.462 e. The molecule has 0 unspecified atom stereocenters. The van der Waals surface area contributed by atoms with E-state index in [1.54, 1.807) is 7.11 Å². The van der Waals surface area contributed by atoms with Gasteiger partial charge in [-0.15, -0.1) is 0 Å². The monoisotopic (exact) mass is 260 g/mol. The highest BCUT2D eigenvalue weighted by molar-refractivity contribution is 5.81. The number of methoxy groups -OCH3 is 1. The van der Waals surface area contributed by atoms with Crippen molar-refractivity contribution in [2.75, 3.05) is 46.8 Å². The van der Waals surface area contributed by atoms with E-state index in [0.717, 1.165) is 32.1 Å². The molecule has 0 rings (SSSR count). The molecule has 0 spiro atoms. The summed E-state index contributed by atoms with van der Waals surface area (Å²) in [7, 11) is 1.68. The second-order valence-electron chi connectivity index (χ2n) is 3.65. The lowest BCUT2D eigenvalue weighted by molar-refractivity contribution is -0.138. The Morgan fingerprint density at radius 2 is 1.44 bits per heavy atom. The van der Waals surface area contributed by atoms with Crippen LogP contribution in [0.2, 0.25) is 0 Å². The topological polar surface area (TPSA) is 54.0 Å². The molecule has 0 atom stereocenters. The second kappa shape index (κ2) is 14.2. The highest BCUT2D eigenvalue weighted by atomic mass is 16.5. The average molecular weight is 260 g/mol. The number of esters is 1. The number of hydrogen-bond acceptors (Lipinski definition) is 5. The van der Waals surface area contributed by atoms with Crippen molar-refractivity contribution in [3.8, 4) is 0 Å². The zero-order valence-corrected chi connectivity index (χ0v) is 11.2. The van der Waals surface area contributed by atoms with E-state index in [0.29, 0.717) is 32.8 Å². The third-order valence-electron chi connectivity index (χ3n) is 2.06. The molecule has 0 aromatic rings. The van der Waals surface area contributed by atoms with Crippen molar-refractivity contribution in [1.82, 2.24) is 0 Å². The molecule has 0 bridgehead atoms. The molecule has 0 radical (unpaired) electrons. The smallest absolute Gasteiger partial charge is 0.330 e. The Balaban J connectivity index is 2.98. The zero-order chi connectivity index (χ0) is 13.5. The van der Waals surface area contributed by atoms with Crippen molar-refractivity contribution in [2.45, 2.75) is 19.3 Å². The molecule has 0 aliphatic heterocycles. The highest BCUT2D eigenvalue weighted by Gasteiger charge is 1.95. The van der Waals surface area contributed by atoms with Gasteiger partial charge in [-0.05, 0) is 12.8 Å². The van der Waals surface area contributed by atoms with E-state index in [1.165, 1.54) is 0 Å². The van der Waals surface area contributed by atoms with Gasteiger partial charge < -0.3 is 18.9 Å². The molecule has 0 aliphatic rings. The first-order valence-electron chi connectivity index (χ1n) is 6.25. The highest BCUT2D eigenvalue weighted by Crippen LogP contribution is 1.91. The number of ether oxygens (including phenoxy) is 4. The average Bonchev–Trinajstić information content (AvgIpc) is 2.39. The van der Waals surface area contributed by atoms with Gasteiger partial charge in [0.15, 0.2) is 0 Å². The van der Waals surface area contributed by atoms with E-state index in [2.05, 4.69) is 6.58 Å². The van der Waals surface area contributed by atoms with Crippen molar-refractivity contribution in [2.24, 2.45) is 0 Å². The van der Waals surface area contributed by atoms with Crippen LogP contribution in [-0.4, -0.2) is 52.7 Å². The summed E-state index contributed by atoms with van der Waals surface area (Å²) in [5.41, 5.74) is 0. The molecule has 18 heavy (non-hydrogen) atoms. The lowest BCUT2D eigenvalue weighted by atomic mass is 10.4. The minimum absolute atomic E-state index is 0.373. The van der Waals surface area contributed by atoms with Crippen LogP contribution in [0, 0.1) is 0 Å². The number of carbonyl (C=O) groups excluding carboxylic acids is 1. The van der Waals surface area contributed by atoms with Gasteiger partial charge in [0.25, 0.3) is 0 Å². The molecule has 0 N–H and O–H groups in total. The van der Waals surface area contributed by atoms with E-state index in [1.807, 2.05) is 0 Å². The molecular formula is C13H24O5. The summed E-state index contributed by atoms with van der Waals surface area (Å²) >= 11 is 0. The zero-order valence-electron chi connectivity index (χ0n) is 11.2. The van der Waals surface area contributed by atoms with E-state index in [9.17, 15) is 4.79 Å². The second-order valence-corrected chi connectivity index (χ2v) is 3.65. The molecule has 0 saturated carbocycles. The molecule has 5 nitrogen and oxygen atoms in total. The van der Waals surface area contributed by atoms with Crippen molar-refractivity contribution in [1.29, 1.82) is 0 Å². The molecule has 0 amide bonds. The van der Waals surface area contributed by atoms with E-state index >= 15 is 0 Å². The quantitative estimate of drug-likeness (QED) is 0.286. The van der Waals surface area contributed by atoms with Gasteiger partial charge in [0, 0.05) is 52.6 Å². The predicted octanol–water partition coefficient (Wildman–Crippen LogP) is 1.57. The molecule has 106 valence electrons. The van der Waals surface area contributed by atoms with Gasteiger partial charge in [-0.1, -0.05) is 6.58 Å². The molecule has 0 heterocycles. The fourth-order valence-electron chi connectivity index (χ4n) is 1.17. The Bertz CT molecular complexity index is 206. The first-order chi connectivity index (χ1) is 8.81. The summed E-state index contributed by atoms with van der Waals surface area (Å²) in [5.74, 6) is -0.389. The molecule has 0 aromatic carbocycles. The molecule has 0 aromatic heterocycles. The van der Waals surface area contributed by atoms with Crippen molar-refractivity contribution in [3.05, 3.63) is 12.7 Å². The van der Waals surface area contributed by atoms with Gasteiger partial charge in [-0.25, -0.2) is 4.79 Å². The summed E-state index contributed by atoms with van der Waals surface area (Å²) < 4.78 is 20.4. The van der Waals surface area contributed by atoms with Crippen LogP contribution in [0.15, 0.2) is 12.7 Å². The summed E-state index contributed by atoms with van der Waals surface area (Å²) in [4.78, 5) is 10.7. The van der Waals surface area contributed by atoms with Crippen LogP contribution in [0.5, 0.6) is 0 Å². The van der Waals surface area contributed by atoms with E-state index in [4.69, 9.17) is 18.9 Å². The van der Waals surface area contributed by atoms with Gasteiger partial charge in [0.2, 0.25) is 0 Å². The van der Waals surface area contributed by atoms with Crippen LogP contribution in [-0.2, 0) is 23.7 Å². The molecule has 0 saturated heterocycles. The van der Waals surface area contributed by atoms with Crippen molar-refractivity contribution in [3.63, 3.8) is 0 Å². The third-order valence-corrected chi connectivity index (χ3v) is 2.06. The third kappa shape index (κ3) is 13.2. The predicted molar refractivity (Wildman–Crippen MR) is 68.5 cm³/mol. The van der Waals surface area contributed by atoms with Crippen LogP contribution in [0.4, 0.5) is 0 Å². The Hall–Kier alpha value is -0.910. The maximum atomic E-state index is 10.7. The fourth-order valence-corrected chi connectivity index (χ4v) is 1.17. The van der Waals surface area contributed by atoms with Gasteiger partial charge >= 0.3 is 5.97 Å². The lowest BCUT2D eigenvalue weighted by Crippen LogP contribution is -2.07. The molecular weight excluding hydrogens is 236 g/mol. The SMILES string of the molecule is C=CC(=O)OCCCOCCCOCCCOC. The fraction of sp³-hybridized carbons (Fsp3) is 0.769. The van der Waals surface area contributed by atoms with E-state index in [-0.39, 0.29) is 5.97 Å². The first-order valence-corrected chi connectivity index (χ1v) is 6.25. The van der Waals surface area contributed by atoms with Crippen LogP contribution in [0.25, 0.3) is 0 Å². The van der Waals surface area contributed by atoms with Crippen LogP contribution >= 0.6 is 0 Å². The molecule has 5 heteroatoms. The van der Waals surface area contributed by atoms with Gasteiger partial charge in [-0.2, -0.15) is 0 Å². The number of carbonyl (C=O) groups is 1. The van der Waals surface area contributed by atoms with Crippen LogP contribution in [0.3, 0.4) is 0 Å². The summed E-state index contributed by atoms with van der Waals surface area (Å²) in [5, 5.41) is 0. The van der Waals surface area contributed by atoms with Gasteiger partial charge in [0.1, 0.15) is 0 Å². The first kappa shape index (κ1) is 17.1. The van der Waals surface area contributed by atoms with Crippen molar-refractivity contribution >= 4 is 5.97 Å². The summed E-state index contributed by atoms with van der Waals surface area (Å²) in [6.45, 7) is 7.11. The lowest BCUT2D eigenvalue weighted by Gasteiger charge is -2.05. The Morgan fingerprint density at radius 1 is 0.944 bits per heavy atom. The Kier molecular flexibility index (Phi) is 13.4.